The van der Waals surface area contributed by atoms with Crippen LogP contribution >= 0.6 is 11.6 Å². The Hall–Kier alpha value is -1.32. The third kappa shape index (κ3) is 2.82. The molecule has 0 aliphatic rings. The predicted octanol–water partition coefficient (Wildman–Crippen LogP) is 3.56. The Morgan fingerprint density at radius 1 is 1.32 bits per heavy atom. The number of hydrogen-bond donors (Lipinski definition) is 1. The lowest BCUT2D eigenvalue weighted by Gasteiger charge is -2.22. The summed E-state index contributed by atoms with van der Waals surface area (Å²) in [6.45, 7) is 8.00. The molecule has 0 saturated carbocycles. The molecule has 2 rings (SSSR count). The third-order valence-corrected chi connectivity index (χ3v) is 3.61. The van der Waals surface area contributed by atoms with Gasteiger partial charge in [0, 0.05) is 6.54 Å². The van der Waals surface area contributed by atoms with Crippen molar-refractivity contribution in [3.8, 4) is 0 Å². The highest BCUT2D eigenvalue weighted by atomic mass is 35.5. The molecule has 3 nitrogen and oxygen atoms in total. The number of rotatable bonds is 5. The largest absolute Gasteiger partial charge is 0.305 e. The highest BCUT2D eigenvalue weighted by molar-refractivity contribution is 6.31. The van der Waals surface area contributed by atoms with Crippen molar-refractivity contribution in [1.82, 2.24) is 15.1 Å². The first kappa shape index (κ1) is 14.1. The first-order valence-corrected chi connectivity index (χ1v) is 7.06. The zero-order valence-electron chi connectivity index (χ0n) is 11.7. The van der Waals surface area contributed by atoms with Gasteiger partial charge in [-0.05, 0) is 31.5 Å². The second-order valence-electron chi connectivity index (χ2n) is 4.54. The van der Waals surface area contributed by atoms with E-state index in [9.17, 15) is 0 Å². The van der Waals surface area contributed by atoms with Gasteiger partial charge in [0.25, 0.3) is 0 Å². The molecular formula is C15H20ClN3. The van der Waals surface area contributed by atoms with Crippen LogP contribution in [0, 0.1) is 6.92 Å². The van der Waals surface area contributed by atoms with Gasteiger partial charge < -0.3 is 5.32 Å². The predicted molar refractivity (Wildman–Crippen MR) is 79.6 cm³/mol. The van der Waals surface area contributed by atoms with Crippen molar-refractivity contribution in [1.29, 1.82) is 0 Å². The Kier molecular flexibility index (Phi) is 4.61. The lowest BCUT2D eigenvalue weighted by atomic mass is 9.98. The second kappa shape index (κ2) is 6.22. The zero-order chi connectivity index (χ0) is 13.8. The Labute approximate surface area is 119 Å². The van der Waals surface area contributed by atoms with Crippen LogP contribution in [0.1, 0.15) is 36.7 Å². The molecule has 0 saturated heterocycles. The number of hydrogen-bond acceptors (Lipinski definition) is 2. The average molecular weight is 278 g/mol. The van der Waals surface area contributed by atoms with Crippen molar-refractivity contribution in [2.45, 2.75) is 33.4 Å². The van der Waals surface area contributed by atoms with E-state index in [-0.39, 0.29) is 6.04 Å². The van der Waals surface area contributed by atoms with Crippen LogP contribution in [-0.2, 0) is 6.54 Å². The van der Waals surface area contributed by atoms with E-state index in [0.29, 0.717) is 0 Å². The number of nitrogens with zero attached hydrogens (tertiary/aromatic N) is 2. The molecule has 0 fully saturated rings. The van der Waals surface area contributed by atoms with E-state index >= 15 is 0 Å². The van der Waals surface area contributed by atoms with Gasteiger partial charge in [0.05, 0.1) is 23.0 Å². The van der Waals surface area contributed by atoms with Crippen LogP contribution < -0.4 is 5.32 Å². The molecule has 1 heterocycles. The minimum Gasteiger partial charge on any atom is -0.305 e. The highest BCUT2D eigenvalue weighted by Crippen LogP contribution is 2.29. The number of benzene rings is 1. The van der Waals surface area contributed by atoms with Crippen LogP contribution in [0.15, 0.2) is 30.5 Å². The van der Waals surface area contributed by atoms with Gasteiger partial charge in [-0.15, -0.1) is 0 Å². The van der Waals surface area contributed by atoms with Gasteiger partial charge in [-0.25, -0.2) is 0 Å². The monoisotopic (exact) mass is 277 g/mol. The minimum absolute atomic E-state index is 0.0844. The fourth-order valence-corrected chi connectivity index (χ4v) is 2.63. The lowest BCUT2D eigenvalue weighted by Crippen LogP contribution is -2.25. The van der Waals surface area contributed by atoms with Crippen molar-refractivity contribution >= 4 is 11.6 Å². The average Bonchev–Trinajstić information content (AvgIpc) is 2.78. The summed E-state index contributed by atoms with van der Waals surface area (Å²) in [7, 11) is 0. The standard InChI is InChI=1S/C15H20ClN3/c1-4-17-14(12-9-7-6-8-11(12)3)15-13(16)10-18-19(15)5-2/h6-10,14,17H,4-5H2,1-3H3. The number of aryl methyl sites for hydroxylation is 2. The van der Waals surface area contributed by atoms with E-state index in [0.717, 1.165) is 23.8 Å². The third-order valence-electron chi connectivity index (χ3n) is 3.31. The smallest absolute Gasteiger partial charge is 0.0837 e. The van der Waals surface area contributed by atoms with Gasteiger partial charge in [0.2, 0.25) is 0 Å². The number of aromatic nitrogens is 2. The maximum atomic E-state index is 6.33. The Morgan fingerprint density at radius 3 is 2.68 bits per heavy atom. The Bertz CT molecular complexity index is 548. The molecule has 0 amide bonds. The molecule has 2 aromatic rings. The van der Waals surface area contributed by atoms with Crippen LogP contribution in [0.25, 0.3) is 0 Å². The summed E-state index contributed by atoms with van der Waals surface area (Å²) in [4.78, 5) is 0. The van der Waals surface area contributed by atoms with Gasteiger partial charge in [0.1, 0.15) is 0 Å². The zero-order valence-corrected chi connectivity index (χ0v) is 12.4. The SMILES string of the molecule is CCNC(c1ccccc1C)c1c(Cl)cnn1CC. The van der Waals surface area contributed by atoms with Crippen LogP contribution in [0.2, 0.25) is 5.02 Å². The Morgan fingerprint density at radius 2 is 2.05 bits per heavy atom. The maximum Gasteiger partial charge on any atom is 0.0837 e. The second-order valence-corrected chi connectivity index (χ2v) is 4.95. The first-order chi connectivity index (χ1) is 9.19. The molecule has 19 heavy (non-hydrogen) atoms. The van der Waals surface area contributed by atoms with E-state index in [2.05, 4.69) is 55.5 Å². The molecule has 0 aliphatic carbocycles. The van der Waals surface area contributed by atoms with E-state index in [1.54, 1.807) is 6.20 Å². The van der Waals surface area contributed by atoms with Crippen molar-refractivity contribution in [2.24, 2.45) is 0 Å². The van der Waals surface area contributed by atoms with Crippen molar-refractivity contribution in [3.05, 3.63) is 52.3 Å². The summed E-state index contributed by atoms with van der Waals surface area (Å²) < 4.78 is 1.96. The van der Waals surface area contributed by atoms with E-state index in [1.807, 2.05) is 4.68 Å². The molecule has 0 radical (unpaired) electrons. The quantitative estimate of drug-likeness (QED) is 0.906. The van der Waals surface area contributed by atoms with Crippen LogP contribution in [0.5, 0.6) is 0 Å². The molecule has 1 aromatic heterocycles. The van der Waals surface area contributed by atoms with Gasteiger partial charge >= 0.3 is 0 Å². The normalized spacial score (nSPS) is 12.6. The summed E-state index contributed by atoms with van der Waals surface area (Å²) in [5.41, 5.74) is 3.55. The van der Waals surface area contributed by atoms with Crippen LogP contribution in [-0.4, -0.2) is 16.3 Å². The van der Waals surface area contributed by atoms with Gasteiger partial charge in [0.15, 0.2) is 0 Å². The summed E-state index contributed by atoms with van der Waals surface area (Å²) >= 11 is 6.33. The van der Waals surface area contributed by atoms with Crippen molar-refractivity contribution in [2.75, 3.05) is 6.54 Å². The van der Waals surface area contributed by atoms with Gasteiger partial charge in [-0.3, -0.25) is 4.68 Å². The maximum absolute atomic E-state index is 6.33. The van der Waals surface area contributed by atoms with Gasteiger partial charge in [-0.2, -0.15) is 5.10 Å². The van der Waals surface area contributed by atoms with Crippen LogP contribution in [0.4, 0.5) is 0 Å². The number of halogens is 1. The molecular weight excluding hydrogens is 258 g/mol. The van der Waals surface area contributed by atoms with E-state index in [4.69, 9.17) is 11.6 Å². The van der Waals surface area contributed by atoms with E-state index in [1.165, 1.54) is 11.1 Å². The first-order valence-electron chi connectivity index (χ1n) is 6.69. The van der Waals surface area contributed by atoms with E-state index < -0.39 is 0 Å². The molecule has 102 valence electrons. The lowest BCUT2D eigenvalue weighted by molar-refractivity contribution is 0.541. The summed E-state index contributed by atoms with van der Waals surface area (Å²) in [6, 6.07) is 8.47. The summed E-state index contributed by atoms with van der Waals surface area (Å²) in [6.07, 6.45) is 1.73. The summed E-state index contributed by atoms with van der Waals surface area (Å²) in [5.74, 6) is 0. The van der Waals surface area contributed by atoms with Crippen molar-refractivity contribution < 1.29 is 0 Å². The molecule has 0 aliphatic heterocycles. The molecule has 1 atom stereocenters. The molecule has 1 aromatic carbocycles. The molecule has 0 spiro atoms. The highest BCUT2D eigenvalue weighted by Gasteiger charge is 2.22. The fourth-order valence-electron chi connectivity index (χ4n) is 2.38. The Balaban J connectivity index is 2.51. The topological polar surface area (TPSA) is 29.9 Å². The van der Waals surface area contributed by atoms with Gasteiger partial charge in [-0.1, -0.05) is 42.8 Å². The molecule has 4 heteroatoms. The summed E-state index contributed by atoms with van der Waals surface area (Å²) in [5, 5.41) is 8.57. The minimum atomic E-state index is 0.0844. The fraction of sp³-hybridized carbons (Fsp3) is 0.400. The molecule has 1 unspecified atom stereocenters. The van der Waals surface area contributed by atoms with Crippen LogP contribution in [0.3, 0.4) is 0 Å². The molecule has 1 N–H and O–H groups in total. The number of nitrogens with one attached hydrogen (secondary N) is 1. The molecule has 0 bridgehead atoms. The van der Waals surface area contributed by atoms with Crippen molar-refractivity contribution in [3.63, 3.8) is 0 Å².